The zero-order valence-corrected chi connectivity index (χ0v) is 32.3. The topological polar surface area (TPSA) is 198 Å². The highest BCUT2D eigenvalue weighted by Gasteiger charge is 2.32. The molecule has 53 heavy (non-hydrogen) atoms. The highest BCUT2D eigenvalue weighted by Crippen LogP contribution is 2.30. The van der Waals surface area contributed by atoms with Crippen LogP contribution in [0.4, 0.5) is 23.5 Å². The molecular formula is C39H56N10O4. The number of fused-ring (bicyclic) bond motifs is 2. The standard InChI is InChI=1S/C24H33N5O3.C15H23N5O/c1-6-7-12-24(3,16(2)30)29-22-21-19(9-8-13-25-21)27-23(28-22)26-15-17-10-11-18(31-4)14-20(17)32-5;1-4-5-8-15(3,10(2)21)20-13-12-11(7-6-9-17-12)18-14(16)19-13/h8-11,13-14,16,30H,6-7,12,15H2,1-5H3,(H2,26,27,28,29);6-7,9-10,21H,4-5,8H2,1-3H3,(H3,16,18,19,20)/t16?,24-;10?,15-/m00/s1. The first-order chi connectivity index (χ1) is 25.4. The van der Waals surface area contributed by atoms with Gasteiger partial charge in [0.25, 0.3) is 0 Å². The molecule has 0 aliphatic heterocycles. The van der Waals surface area contributed by atoms with E-state index in [2.05, 4.69) is 54.7 Å². The van der Waals surface area contributed by atoms with Crippen LogP contribution in [0, 0.1) is 0 Å². The summed E-state index contributed by atoms with van der Waals surface area (Å²) in [7, 11) is 3.26. The number of benzene rings is 1. The van der Waals surface area contributed by atoms with Crippen molar-refractivity contribution in [3.05, 3.63) is 60.4 Å². The molecule has 0 fully saturated rings. The lowest BCUT2D eigenvalue weighted by atomic mass is 9.89. The van der Waals surface area contributed by atoms with E-state index in [0.717, 1.165) is 61.1 Å². The first-order valence-corrected chi connectivity index (χ1v) is 18.2. The average molecular weight is 729 g/mol. The molecule has 4 aromatic heterocycles. The number of ether oxygens (including phenoxy) is 2. The van der Waals surface area contributed by atoms with E-state index < -0.39 is 23.3 Å². The molecule has 5 aromatic rings. The molecule has 0 radical (unpaired) electrons. The Morgan fingerprint density at radius 3 is 1.81 bits per heavy atom. The van der Waals surface area contributed by atoms with Crippen molar-refractivity contribution in [1.82, 2.24) is 29.9 Å². The normalized spacial score (nSPS) is 14.6. The van der Waals surface area contributed by atoms with E-state index in [4.69, 9.17) is 20.2 Å². The van der Waals surface area contributed by atoms with Crippen LogP contribution in [0.15, 0.2) is 54.9 Å². The lowest BCUT2D eigenvalue weighted by molar-refractivity contribution is 0.116. The van der Waals surface area contributed by atoms with Crippen molar-refractivity contribution in [3.8, 4) is 11.5 Å². The number of nitrogens with zero attached hydrogens (tertiary/aromatic N) is 6. The Hall–Kier alpha value is -5.08. The van der Waals surface area contributed by atoms with E-state index in [-0.39, 0.29) is 5.95 Å². The van der Waals surface area contributed by atoms with Gasteiger partial charge in [-0.2, -0.15) is 9.97 Å². The van der Waals surface area contributed by atoms with Crippen LogP contribution in [0.1, 0.15) is 85.6 Å². The van der Waals surface area contributed by atoms with E-state index in [0.29, 0.717) is 40.7 Å². The first kappa shape index (κ1) is 40.7. The first-order valence-electron chi connectivity index (χ1n) is 18.2. The highest BCUT2D eigenvalue weighted by atomic mass is 16.5. The maximum Gasteiger partial charge on any atom is 0.225 e. The fraction of sp³-hybridized carbons (Fsp3) is 0.487. The van der Waals surface area contributed by atoms with Crippen molar-refractivity contribution in [2.45, 2.75) is 110 Å². The molecule has 7 N–H and O–H groups in total. The van der Waals surface area contributed by atoms with Gasteiger partial charge in [0.05, 0.1) is 48.5 Å². The van der Waals surface area contributed by atoms with Gasteiger partial charge in [-0.15, -0.1) is 0 Å². The van der Waals surface area contributed by atoms with E-state index in [1.807, 2.05) is 56.3 Å². The summed E-state index contributed by atoms with van der Waals surface area (Å²) in [5.41, 5.74) is 8.44. The molecule has 0 aliphatic carbocycles. The van der Waals surface area contributed by atoms with Gasteiger partial charge in [-0.3, -0.25) is 9.97 Å². The van der Waals surface area contributed by atoms with Crippen LogP contribution < -0.4 is 31.2 Å². The molecule has 5 rings (SSSR count). The second-order valence-electron chi connectivity index (χ2n) is 13.7. The van der Waals surface area contributed by atoms with E-state index in [1.54, 1.807) is 40.5 Å². The molecule has 286 valence electrons. The molecule has 1 aromatic carbocycles. The number of hydrogen-bond donors (Lipinski definition) is 6. The van der Waals surface area contributed by atoms with E-state index >= 15 is 0 Å². The second-order valence-corrected chi connectivity index (χ2v) is 13.7. The number of unbranched alkanes of at least 4 members (excludes halogenated alkanes) is 2. The number of methoxy groups -OCH3 is 2. The number of rotatable bonds is 17. The number of nitrogen functional groups attached to an aromatic ring is 1. The minimum Gasteiger partial charge on any atom is -0.497 e. The third kappa shape index (κ3) is 10.5. The molecule has 0 bridgehead atoms. The van der Waals surface area contributed by atoms with Crippen molar-refractivity contribution < 1.29 is 19.7 Å². The van der Waals surface area contributed by atoms with Gasteiger partial charge in [0.15, 0.2) is 11.6 Å². The highest BCUT2D eigenvalue weighted by molar-refractivity contribution is 5.87. The van der Waals surface area contributed by atoms with Gasteiger partial charge in [0.2, 0.25) is 11.9 Å². The van der Waals surface area contributed by atoms with Crippen LogP contribution in [-0.2, 0) is 6.54 Å². The molecule has 0 amide bonds. The van der Waals surface area contributed by atoms with E-state index in [1.165, 1.54) is 0 Å². The van der Waals surface area contributed by atoms with Crippen LogP contribution in [0.3, 0.4) is 0 Å². The number of hydrogen-bond acceptors (Lipinski definition) is 14. The summed E-state index contributed by atoms with van der Waals surface area (Å²) in [4.78, 5) is 26.6. The summed E-state index contributed by atoms with van der Waals surface area (Å²) < 4.78 is 10.8. The fourth-order valence-corrected chi connectivity index (χ4v) is 5.76. The summed E-state index contributed by atoms with van der Waals surface area (Å²) in [6.45, 7) is 12.3. The largest absolute Gasteiger partial charge is 0.497 e. The molecule has 0 saturated carbocycles. The van der Waals surface area contributed by atoms with Crippen molar-refractivity contribution in [3.63, 3.8) is 0 Å². The zero-order valence-electron chi connectivity index (χ0n) is 32.3. The minimum absolute atomic E-state index is 0.196. The number of aromatic nitrogens is 6. The van der Waals surface area contributed by atoms with Crippen molar-refractivity contribution >= 4 is 45.6 Å². The fourth-order valence-electron chi connectivity index (χ4n) is 5.76. The lowest BCUT2D eigenvalue weighted by Gasteiger charge is -2.34. The Morgan fingerprint density at radius 1 is 0.755 bits per heavy atom. The van der Waals surface area contributed by atoms with Gasteiger partial charge in [-0.1, -0.05) is 39.5 Å². The zero-order chi connectivity index (χ0) is 38.6. The summed E-state index contributed by atoms with van der Waals surface area (Å²) >= 11 is 0. The molecule has 4 heterocycles. The Kier molecular flexibility index (Phi) is 14.3. The van der Waals surface area contributed by atoms with Crippen LogP contribution >= 0.6 is 0 Å². The van der Waals surface area contributed by atoms with Crippen molar-refractivity contribution in [2.24, 2.45) is 0 Å². The van der Waals surface area contributed by atoms with Crippen LogP contribution in [0.25, 0.3) is 22.1 Å². The second kappa shape index (κ2) is 18.6. The maximum absolute atomic E-state index is 10.5. The Balaban J connectivity index is 0.000000258. The number of anilines is 4. The van der Waals surface area contributed by atoms with Gasteiger partial charge in [-0.05, 0) is 76.9 Å². The number of aliphatic hydroxyl groups is 2. The van der Waals surface area contributed by atoms with Crippen molar-refractivity contribution in [1.29, 1.82) is 0 Å². The summed E-state index contributed by atoms with van der Waals surface area (Å²) in [6.07, 6.45) is 8.08. The van der Waals surface area contributed by atoms with Crippen molar-refractivity contribution in [2.75, 3.05) is 35.9 Å². The number of nitrogens with two attached hydrogens (primary N) is 1. The lowest BCUT2D eigenvalue weighted by Crippen LogP contribution is -2.45. The van der Waals surface area contributed by atoms with Gasteiger partial charge in [0.1, 0.15) is 22.5 Å². The summed E-state index contributed by atoms with van der Waals surface area (Å²) in [5, 5.41) is 30.7. The van der Waals surface area contributed by atoms with Gasteiger partial charge in [0, 0.05) is 30.6 Å². The molecule has 14 nitrogen and oxygen atoms in total. The third-order valence-electron chi connectivity index (χ3n) is 9.61. The molecule has 0 spiro atoms. The molecule has 0 aliphatic rings. The number of nitrogens with one attached hydrogen (secondary N) is 3. The van der Waals surface area contributed by atoms with Crippen LogP contribution in [0.5, 0.6) is 11.5 Å². The molecule has 0 saturated heterocycles. The molecular weight excluding hydrogens is 672 g/mol. The maximum atomic E-state index is 10.5. The Bertz CT molecular complexity index is 1930. The Labute approximate surface area is 312 Å². The molecule has 2 unspecified atom stereocenters. The number of aliphatic hydroxyl groups excluding tert-OH is 2. The predicted octanol–water partition coefficient (Wildman–Crippen LogP) is 6.74. The SMILES string of the molecule is CCCC[C@](C)(Nc1nc(N)nc2cccnc12)C(C)O.CCCC[C@](C)(Nc1nc(NCc2ccc(OC)cc2OC)nc2cccnc12)C(C)O. The average Bonchev–Trinajstić information content (AvgIpc) is 3.15. The van der Waals surface area contributed by atoms with Crippen LogP contribution in [-0.4, -0.2) is 77.6 Å². The van der Waals surface area contributed by atoms with Crippen LogP contribution in [0.2, 0.25) is 0 Å². The minimum atomic E-state index is -0.567. The Morgan fingerprint density at radius 2 is 1.30 bits per heavy atom. The molecule has 4 atom stereocenters. The summed E-state index contributed by atoms with van der Waals surface area (Å²) in [6, 6.07) is 13.1. The predicted molar refractivity (Wildman–Crippen MR) is 212 cm³/mol. The van der Waals surface area contributed by atoms with E-state index in [9.17, 15) is 10.2 Å². The monoisotopic (exact) mass is 728 g/mol. The number of pyridine rings is 2. The van der Waals surface area contributed by atoms with Gasteiger partial charge in [-0.25, -0.2) is 9.97 Å². The quantitative estimate of drug-likeness (QED) is 0.0588. The molecule has 14 heteroatoms. The third-order valence-corrected chi connectivity index (χ3v) is 9.61. The van der Waals surface area contributed by atoms with Gasteiger partial charge >= 0.3 is 0 Å². The smallest absolute Gasteiger partial charge is 0.225 e. The van der Waals surface area contributed by atoms with Gasteiger partial charge < -0.3 is 41.4 Å². The summed E-state index contributed by atoms with van der Waals surface area (Å²) in [5.74, 6) is 3.28.